The number of carbonyl (C=O) groups is 1. The van der Waals surface area contributed by atoms with Crippen LogP contribution in [0.5, 0.6) is 5.75 Å². The van der Waals surface area contributed by atoms with Crippen molar-refractivity contribution < 1.29 is 19.0 Å². The van der Waals surface area contributed by atoms with Crippen LogP contribution < -0.4 is 10.1 Å². The molecule has 2 aromatic heterocycles. The lowest BCUT2D eigenvalue weighted by Crippen LogP contribution is -2.34. The Kier molecular flexibility index (Phi) is 7.38. The van der Waals surface area contributed by atoms with E-state index in [1.165, 1.54) is 6.92 Å². The van der Waals surface area contributed by atoms with E-state index in [2.05, 4.69) is 20.3 Å². The molecule has 1 saturated heterocycles. The van der Waals surface area contributed by atoms with Gasteiger partial charge in [0.2, 0.25) is 17.6 Å². The summed E-state index contributed by atoms with van der Waals surface area (Å²) in [6, 6.07) is 14.5. The van der Waals surface area contributed by atoms with Gasteiger partial charge in [-0.05, 0) is 42.5 Å². The average Bonchev–Trinajstić information content (AvgIpc) is 3.53. The van der Waals surface area contributed by atoms with Crippen molar-refractivity contribution in [2.75, 3.05) is 18.5 Å². The van der Waals surface area contributed by atoms with Gasteiger partial charge in [-0.25, -0.2) is 15.0 Å². The van der Waals surface area contributed by atoms with Crippen LogP contribution in [0.25, 0.3) is 11.3 Å². The first-order chi connectivity index (χ1) is 17.9. The van der Waals surface area contributed by atoms with E-state index in [0.29, 0.717) is 40.2 Å². The fourth-order valence-corrected chi connectivity index (χ4v) is 4.58. The number of amides is 1. The van der Waals surface area contributed by atoms with Crippen LogP contribution in [0.2, 0.25) is 10.0 Å². The predicted molar refractivity (Wildman–Crippen MR) is 138 cm³/mol. The molecule has 2 aromatic carbocycles. The normalized spacial score (nSPS) is 19.1. The molecule has 1 fully saturated rings. The quantitative estimate of drug-likeness (QED) is 0.338. The number of rotatable bonds is 8. The van der Waals surface area contributed by atoms with E-state index in [1.54, 1.807) is 36.9 Å². The van der Waals surface area contributed by atoms with Gasteiger partial charge in [0.1, 0.15) is 18.5 Å². The van der Waals surface area contributed by atoms with Gasteiger partial charge in [-0.15, -0.1) is 0 Å². The second-order valence-electron chi connectivity index (χ2n) is 8.45. The van der Waals surface area contributed by atoms with Crippen molar-refractivity contribution in [3.63, 3.8) is 0 Å². The lowest BCUT2D eigenvalue weighted by molar-refractivity contribution is -0.189. The van der Waals surface area contributed by atoms with E-state index >= 15 is 0 Å². The largest absolute Gasteiger partial charge is 0.491 e. The summed E-state index contributed by atoms with van der Waals surface area (Å²) in [5.74, 6) is -0.422. The average molecular weight is 540 g/mol. The molecule has 37 heavy (non-hydrogen) atoms. The van der Waals surface area contributed by atoms with E-state index in [4.69, 9.17) is 37.4 Å². The lowest BCUT2D eigenvalue weighted by atomic mass is 10.1. The molecule has 0 saturated carbocycles. The molecule has 0 aliphatic carbocycles. The molecule has 5 rings (SSSR count). The fourth-order valence-electron chi connectivity index (χ4n) is 4.02. The summed E-state index contributed by atoms with van der Waals surface area (Å²) < 4.78 is 20.5. The zero-order valence-electron chi connectivity index (χ0n) is 19.8. The topological polar surface area (TPSA) is 100 Å². The van der Waals surface area contributed by atoms with Crippen molar-refractivity contribution in [1.82, 2.24) is 19.5 Å². The number of carbonyl (C=O) groups excluding carboxylic acids is 1. The van der Waals surface area contributed by atoms with Crippen molar-refractivity contribution in [3.8, 4) is 17.0 Å². The Morgan fingerprint density at radius 1 is 1.19 bits per heavy atom. The molecule has 1 amide bonds. The first-order valence-corrected chi connectivity index (χ1v) is 12.2. The van der Waals surface area contributed by atoms with E-state index in [1.807, 2.05) is 41.1 Å². The van der Waals surface area contributed by atoms with Gasteiger partial charge in [-0.1, -0.05) is 29.3 Å². The summed E-state index contributed by atoms with van der Waals surface area (Å²) in [7, 11) is 0. The molecule has 0 radical (unpaired) electrons. The van der Waals surface area contributed by atoms with Crippen LogP contribution in [0.1, 0.15) is 12.5 Å². The molecule has 3 heterocycles. The van der Waals surface area contributed by atoms with E-state index < -0.39 is 5.79 Å². The third kappa shape index (κ3) is 5.91. The molecule has 11 heteroatoms. The number of anilines is 1. The van der Waals surface area contributed by atoms with Crippen molar-refractivity contribution in [3.05, 3.63) is 89.1 Å². The molecule has 0 bridgehead atoms. The first-order valence-electron chi connectivity index (χ1n) is 11.5. The highest BCUT2D eigenvalue weighted by Crippen LogP contribution is 2.40. The van der Waals surface area contributed by atoms with Gasteiger partial charge in [0, 0.05) is 41.7 Å². The lowest BCUT2D eigenvalue weighted by Gasteiger charge is -2.30. The minimum Gasteiger partial charge on any atom is -0.491 e. The summed E-state index contributed by atoms with van der Waals surface area (Å²) >= 11 is 12.6. The van der Waals surface area contributed by atoms with Crippen molar-refractivity contribution in [2.45, 2.75) is 25.4 Å². The number of hydrogen-bond acceptors (Lipinski definition) is 7. The highest BCUT2D eigenvalue weighted by Gasteiger charge is 2.45. The van der Waals surface area contributed by atoms with Crippen LogP contribution in [0.3, 0.4) is 0 Å². The molecule has 2 unspecified atom stereocenters. The molecule has 1 aliphatic heterocycles. The van der Waals surface area contributed by atoms with Crippen molar-refractivity contribution >= 4 is 35.1 Å². The van der Waals surface area contributed by atoms with Crippen LogP contribution in [0.4, 0.5) is 5.95 Å². The number of halogens is 2. The van der Waals surface area contributed by atoms with E-state index in [0.717, 1.165) is 5.56 Å². The van der Waals surface area contributed by atoms with Crippen molar-refractivity contribution in [1.29, 1.82) is 0 Å². The van der Waals surface area contributed by atoms with Crippen LogP contribution in [0.15, 0.2) is 73.4 Å². The summed E-state index contributed by atoms with van der Waals surface area (Å²) in [6.07, 6.45) is 6.48. The molecule has 9 nitrogen and oxygen atoms in total. The minimum absolute atomic E-state index is 0.230. The molecule has 1 aliphatic rings. The third-order valence-corrected chi connectivity index (χ3v) is 6.23. The highest BCUT2D eigenvalue weighted by molar-refractivity contribution is 6.35. The highest BCUT2D eigenvalue weighted by atomic mass is 35.5. The van der Waals surface area contributed by atoms with Gasteiger partial charge in [0.05, 0.1) is 30.2 Å². The van der Waals surface area contributed by atoms with Crippen LogP contribution in [-0.2, 0) is 26.6 Å². The monoisotopic (exact) mass is 539 g/mol. The predicted octanol–water partition coefficient (Wildman–Crippen LogP) is 4.95. The van der Waals surface area contributed by atoms with E-state index in [9.17, 15) is 4.79 Å². The van der Waals surface area contributed by atoms with Gasteiger partial charge in [0.25, 0.3) is 0 Å². The Bertz CT molecular complexity index is 1380. The maximum absolute atomic E-state index is 11.3. The molecule has 4 aromatic rings. The zero-order valence-corrected chi connectivity index (χ0v) is 21.3. The third-order valence-electron chi connectivity index (χ3n) is 5.68. The Labute approximate surface area is 223 Å². The molecule has 2 atom stereocenters. The van der Waals surface area contributed by atoms with Crippen molar-refractivity contribution in [2.24, 2.45) is 0 Å². The number of hydrogen-bond donors (Lipinski definition) is 1. The Balaban J connectivity index is 1.26. The second kappa shape index (κ2) is 10.9. The molecule has 0 spiro atoms. The number of aromatic nitrogens is 4. The molecule has 190 valence electrons. The maximum atomic E-state index is 11.3. The van der Waals surface area contributed by atoms with Gasteiger partial charge < -0.3 is 18.8 Å². The maximum Gasteiger partial charge on any atom is 0.229 e. The SMILES string of the molecule is CC(=O)Nc1nccc(-c2ccc(OCC3COC(Cn4ccnc4)(c4ccc(Cl)cc4Cl)O3)cc2)n1. The minimum atomic E-state index is -1.11. The fraction of sp³-hybridized carbons (Fsp3) is 0.231. The second-order valence-corrected chi connectivity index (χ2v) is 9.29. The van der Waals surface area contributed by atoms with Gasteiger partial charge in [-0.2, -0.15) is 0 Å². The number of ether oxygens (including phenoxy) is 3. The molecular formula is C26H23Cl2N5O4. The van der Waals surface area contributed by atoms with Gasteiger partial charge >= 0.3 is 0 Å². The molecule has 1 N–H and O–H groups in total. The van der Waals surface area contributed by atoms with Crippen LogP contribution in [0, 0.1) is 0 Å². The standard InChI is InChI=1S/C26H23Cl2N5O4/c1-17(34)31-25-30-9-8-24(32-25)18-2-5-20(6-3-18)35-13-21-14-36-26(37-21,15-33-11-10-29-16-33)22-7-4-19(27)12-23(22)28/h2-12,16,21H,13-15H2,1H3,(H,30,31,32,34). The number of nitrogens with zero attached hydrogens (tertiary/aromatic N) is 4. The smallest absolute Gasteiger partial charge is 0.229 e. The van der Waals surface area contributed by atoms with E-state index in [-0.39, 0.29) is 24.6 Å². The van der Waals surface area contributed by atoms with Gasteiger partial charge in [0.15, 0.2) is 0 Å². The zero-order chi connectivity index (χ0) is 25.8. The Morgan fingerprint density at radius 2 is 2.03 bits per heavy atom. The summed E-state index contributed by atoms with van der Waals surface area (Å²) in [5, 5.41) is 3.57. The Hall–Kier alpha value is -3.50. The summed E-state index contributed by atoms with van der Waals surface area (Å²) in [5.41, 5.74) is 2.23. The van der Waals surface area contributed by atoms with Crippen LogP contribution >= 0.6 is 23.2 Å². The van der Waals surface area contributed by atoms with Crippen LogP contribution in [-0.4, -0.2) is 44.7 Å². The molecular weight excluding hydrogens is 517 g/mol. The number of imidazole rings is 1. The number of nitrogens with one attached hydrogen (secondary N) is 1. The first kappa shape index (κ1) is 25.2. The summed E-state index contributed by atoms with van der Waals surface area (Å²) in [6.45, 7) is 2.36. The summed E-state index contributed by atoms with van der Waals surface area (Å²) in [4.78, 5) is 23.8. The van der Waals surface area contributed by atoms with Gasteiger partial charge in [-0.3, -0.25) is 10.1 Å². The Morgan fingerprint density at radius 3 is 2.76 bits per heavy atom. The number of benzene rings is 2.